The van der Waals surface area contributed by atoms with E-state index in [9.17, 15) is 18.0 Å². The summed E-state index contributed by atoms with van der Waals surface area (Å²) in [5, 5.41) is 3.32. The number of nitrogens with one attached hydrogen (secondary N) is 1. The van der Waals surface area contributed by atoms with Gasteiger partial charge in [-0.1, -0.05) is 17.8 Å². The van der Waals surface area contributed by atoms with Crippen molar-refractivity contribution in [2.75, 3.05) is 23.9 Å². The van der Waals surface area contributed by atoms with E-state index < -0.39 is 17.8 Å². The Bertz CT molecular complexity index is 1110. The highest BCUT2D eigenvalue weighted by Gasteiger charge is 2.37. The molecule has 0 atom stereocenters. The number of hydrogen-bond acceptors (Lipinski definition) is 5. The number of halogens is 3. The first-order valence-electron chi connectivity index (χ1n) is 9.27. The molecular weight excluding hydrogens is 429 g/mol. The number of aromatic nitrogens is 2. The summed E-state index contributed by atoms with van der Waals surface area (Å²) in [5.74, 6) is 0.0483. The number of hydrogen-bond donors (Lipinski definition) is 1. The van der Waals surface area contributed by atoms with Crippen molar-refractivity contribution >= 4 is 29.3 Å². The highest BCUT2D eigenvalue weighted by Crippen LogP contribution is 2.42. The van der Waals surface area contributed by atoms with Gasteiger partial charge in [0.05, 0.1) is 12.7 Å². The lowest BCUT2D eigenvalue weighted by Gasteiger charge is -2.20. The second-order valence-electron chi connectivity index (χ2n) is 6.66. The maximum atomic E-state index is 13.4. The third kappa shape index (κ3) is 4.58. The van der Waals surface area contributed by atoms with Crippen molar-refractivity contribution in [1.29, 1.82) is 0 Å². The van der Waals surface area contributed by atoms with Crippen molar-refractivity contribution in [3.8, 4) is 5.75 Å². The Morgan fingerprint density at radius 2 is 2.06 bits per heavy atom. The van der Waals surface area contributed by atoms with Crippen LogP contribution in [0.4, 0.5) is 29.5 Å². The Kier molecular flexibility index (Phi) is 5.73. The summed E-state index contributed by atoms with van der Waals surface area (Å²) in [7, 11) is 1.19. The molecule has 0 saturated carbocycles. The number of amides is 2. The summed E-state index contributed by atoms with van der Waals surface area (Å²) in [4.78, 5) is 23.4. The monoisotopic (exact) mass is 446 g/mol. The van der Waals surface area contributed by atoms with E-state index in [2.05, 4.69) is 15.3 Å². The van der Waals surface area contributed by atoms with Crippen molar-refractivity contribution in [3.05, 3.63) is 66.0 Å². The predicted octanol–water partition coefficient (Wildman–Crippen LogP) is 5.25. The van der Waals surface area contributed by atoms with Gasteiger partial charge in [-0.3, -0.25) is 15.2 Å². The molecule has 4 rings (SSSR count). The molecule has 0 spiro atoms. The van der Waals surface area contributed by atoms with E-state index >= 15 is 0 Å². The van der Waals surface area contributed by atoms with Gasteiger partial charge in [0.1, 0.15) is 16.6 Å². The minimum absolute atomic E-state index is 0.214. The van der Waals surface area contributed by atoms with Crippen molar-refractivity contribution in [3.63, 3.8) is 0 Å². The Labute approximate surface area is 180 Å². The molecule has 2 aromatic heterocycles. The zero-order valence-corrected chi connectivity index (χ0v) is 17.1. The number of anilines is 2. The number of fused-ring (bicyclic) bond motifs is 1. The Balaban J connectivity index is 1.54. The van der Waals surface area contributed by atoms with Crippen LogP contribution in [-0.4, -0.2) is 29.7 Å². The predicted molar refractivity (Wildman–Crippen MR) is 111 cm³/mol. The molecule has 1 N–H and O–H groups in total. The van der Waals surface area contributed by atoms with Crippen LogP contribution in [-0.2, 0) is 12.6 Å². The second-order valence-corrected chi connectivity index (χ2v) is 7.76. The molecule has 1 aliphatic rings. The number of carbonyl (C=O) groups is 1. The van der Waals surface area contributed by atoms with Crippen LogP contribution in [0, 0.1) is 0 Å². The van der Waals surface area contributed by atoms with Gasteiger partial charge in [-0.05, 0) is 48.4 Å². The second kappa shape index (κ2) is 8.46. The maximum absolute atomic E-state index is 13.4. The average Bonchev–Trinajstić information content (AvgIpc) is 3.16. The molecule has 6 nitrogen and oxygen atoms in total. The zero-order chi connectivity index (χ0) is 22.0. The molecule has 0 unspecified atom stereocenters. The largest absolute Gasteiger partial charge is 0.496 e. The molecule has 0 bridgehead atoms. The minimum atomic E-state index is -4.59. The van der Waals surface area contributed by atoms with Crippen molar-refractivity contribution < 1.29 is 22.7 Å². The summed E-state index contributed by atoms with van der Waals surface area (Å²) in [6, 6.07) is 10.6. The topological polar surface area (TPSA) is 67.3 Å². The van der Waals surface area contributed by atoms with E-state index in [4.69, 9.17) is 4.74 Å². The maximum Gasteiger partial charge on any atom is 0.420 e. The van der Waals surface area contributed by atoms with Crippen LogP contribution in [0.2, 0.25) is 0 Å². The van der Waals surface area contributed by atoms with Crippen LogP contribution in [0.5, 0.6) is 5.75 Å². The van der Waals surface area contributed by atoms with Crippen molar-refractivity contribution in [2.24, 2.45) is 0 Å². The molecule has 1 aliphatic heterocycles. The van der Waals surface area contributed by atoms with E-state index in [1.54, 1.807) is 30.6 Å². The fraction of sp³-hybridized carbons (Fsp3) is 0.190. The number of urea groups is 1. The summed E-state index contributed by atoms with van der Waals surface area (Å²) < 4.78 is 45.1. The Morgan fingerprint density at radius 3 is 2.77 bits per heavy atom. The number of benzene rings is 1. The molecule has 0 aliphatic carbocycles. The normalized spacial score (nSPS) is 13.1. The highest BCUT2D eigenvalue weighted by atomic mass is 32.2. The molecule has 1 aromatic carbocycles. The number of alkyl halides is 3. The van der Waals surface area contributed by atoms with Crippen LogP contribution in [0.15, 0.2) is 64.8 Å². The van der Waals surface area contributed by atoms with E-state index in [0.29, 0.717) is 22.8 Å². The quantitative estimate of drug-likeness (QED) is 0.593. The smallest absolute Gasteiger partial charge is 0.420 e. The van der Waals surface area contributed by atoms with Gasteiger partial charge in [0.2, 0.25) is 0 Å². The fourth-order valence-electron chi connectivity index (χ4n) is 3.26. The van der Waals surface area contributed by atoms with Gasteiger partial charge in [0.15, 0.2) is 0 Å². The van der Waals surface area contributed by atoms with Gasteiger partial charge >= 0.3 is 12.2 Å². The van der Waals surface area contributed by atoms with Gasteiger partial charge in [0.25, 0.3) is 0 Å². The molecular formula is C21H17F3N4O2S. The number of methoxy groups -OCH3 is 1. The van der Waals surface area contributed by atoms with E-state index in [1.165, 1.54) is 29.8 Å². The van der Waals surface area contributed by atoms with Crippen LogP contribution in [0.1, 0.15) is 11.1 Å². The van der Waals surface area contributed by atoms with Gasteiger partial charge in [-0.2, -0.15) is 13.2 Å². The van der Waals surface area contributed by atoms with Crippen LogP contribution >= 0.6 is 11.8 Å². The standard InChI is InChI=1S/C21H17F3N4O2S/c1-30-17-10-13-7-9-28(16(13)11-15(17)21(22,23)24)20(29)27-18-5-2-6-19(26-18)31-14-4-3-8-25-12-14/h2-6,8,10-12H,7,9H2,1H3,(H,26,27,29). The summed E-state index contributed by atoms with van der Waals surface area (Å²) >= 11 is 1.38. The number of rotatable bonds is 4. The zero-order valence-electron chi connectivity index (χ0n) is 16.3. The molecule has 3 heterocycles. The van der Waals surface area contributed by atoms with E-state index in [1.807, 2.05) is 12.1 Å². The van der Waals surface area contributed by atoms with Gasteiger partial charge in [0, 0.05) is 29.5 Å². The Morgan fingerprint density at radius 1 is 1.23 bits per heavy atom. The first-order chi connectivity index (χ1) is 14.8. The molecule has 0 fully saturated rings. The lowest BCUT2D eigenvalue weighted by atomic mass is 10.1. The summed E-state index contributed by atoms with van der Waals surface area (Å²) in [6.45, 7) is 0.260. The number of carbonyl (C=O) groups excluding carboxylic acids is 1. The van der Waals surface area contributed by atoms with Gasteiger partial charge in [-0.15, -0.1) is 0 Å². The first kappa shape index (κ1) is 21.0. The molecule has 2 amide bonds. The fourth-order valence-corrected chi connectivity index (χ4v) is 4.05. The third-order valence-electron chi connectivity index (χ3n) is 4.66. The van der Waals surface area contributed by atoms with E-state index in [-0.39, 0.29) is 18.0 Å². The molecule has 0 radical (unpaired) electrons. The summed E-state index contributed by atoms with van der Waals surface area (Å²) in [5.41, 5.74) is -0.0817. The summed E-state index contributed by atoms with van der Waals surface area (Å²) in [6.07, 6.45) is -0.792. The molecule has 31 heavy (non-hydrogen) atoms. The lowest BCUT2D eigenvalue weighted by Crippen LogP contribution is -2.33. The van der Waals surface area contributed by atoms with Gasteiger partial charge in [-0.25, -0.2) is 9.78 Å². The number of pyridine rings is 2. The van der Waals surface area contributed by atoms with Crippen molar-refractivity contribution in [1.82, 2.24) is 9.97 Å². The van der Waals surface area contributed by atoms with Crippen LogP contribution in [0.25, 0.3) is 0 Å². The lowest BCUT2D eigenvalue weighted by molar-refractivity contribution is -0.138. The van der Waals surface area contributed by atoms with Crippen molar-refractivity contribution in [2.45, 2.75) is 22.5 Å². The van der Waals surface area contributed by atoms with Crippen LogP contribution in [0.3, 0.4) is 0 Å². The Hall–Kier alpha value is -3.27. The molecule has 160 valence electrons. The van der Waals surface area contributed by atoms with Gasteiger partial charge < -0.3 is 4.74 Å². The molecule has 3 aromatic rings. The highest BCUT2D eigenvalue weighted by molar-refractivity contribution is 7.99. The number of nitrogens with zero attached hydrogens (tertiary/aromatic N) is 3. The van der Waals surface area contributed by atoms with Crippen LogP contribution < -0.4 is 15.0 Å². The molecule has 10 heteroatoms. The number of ether oxygens (including phenoxy) is 1. The van der Waals surface area contributed by atoms with E-state index in [0.717, 1.165) is 11.0 Å². The first-order valence-corrected chi connectivity index (χ1v) is 10.1. The average molecular weight is 446 g/mol. The minimum Gasteiger partial charge on any atom is -0.496 e. The third-order valence-corrected chi connectivity index (χ3v) is 5.58. The molecule has 0 saturated heterocycles. The SMILES string of the molecule is COc1cc2c(cc1C(F)(F)F)N(C(=O)Nc1cccc(Sc3cccnc3)n1)CC2.